The summed E-state index contributed by atoms with van der Waals surface area (Å²) in [6, 6.07) is 1.45. The van der Waals surface area contributed by atoms with E-state index >= 15 is 0 Å². The lowest BCUT2D eigenvalue weighted by atomic mass is 9.77. The average Bonchev–Trinajstić information content (AvgIpc) is 2.52. The molecule has 1 saturated heterocycles. The first-order chi connectivity index (χ1) is 9.92. The lowest BCUT2D eigenvalue weighted by Gasteiger charge is -2.40. The Bertz CT molecular complexity index is 264. The molecule has 0 spiro atoms. The summed E-state index contributed by atoms with van der Waals surface area (Å²) in [7, 11) is 0. The van der Waals surface area contributed by atoms with Crippen molar-refractivity contribution >= 4 is 0 Å². The molecule has 0 aromatic rings. The molecule has 1 aliphatic carbocycles. The van der Waals surface area contributed by atoms with Crippen molar-refractivity contribution in [2.24, 2.45) is 5.92 Å². The van der Waals surface area contributed by atoms with Gasteiger partial charge in [0.2, 0.25) is 0 Å². The highest BCUT2D eigenvalue weighted by Gasteiger charge is 2.31. The van der Waals surface area contributed by atoms with Crippen molar-refractivity contribution in [1.29, 1.82) is 0 Å². The van der Waals surface area contributed by atoms with Crippen LogP contribution in [0, 0.1) is 5.92 Å². The Morgan fingerprint density at radius 1 is 1.10 bits per heavy atom. The molecule has 116 valence electrons. The van der Waals surface area contributed by atoms with Crippen molar-refractivity contribution in [3.8, 4) is 0 Å². The van der Waals surface area contributed by atoms with Crippen molar-refractivity contribution in [3.05, 3.63) is 12.7 Å². The summed E-state index contributed by atoms with van der Waals surface area (Å²) in [5.74, 6) is 0.831. The highest BCUT2D eigenvalue weighted by molar-refractivity contribution is 4.90. The molecule has 3 unspecified atom stereocenters. The van der Waals surface area contributed by atoms with Gasteiger partial charge in [0, 0.05) is 18.6 Å². The molecule has 2 rings (SSSR count). The molecule has 0 aromatic carbocycles. The maximum atomic E-state index is 5.60. The van der Waals surface area contributed by atoms with E-state index in [0.717, 1.165) is 38.1 Å². The first-order valence-corrected chi connectivity index (χ1v) is 8.57. The van der Waals surface area contributed by atoms with E-state index in [1.807, 2.05) is 6.08 Å². The molecule has 2 N–H and O–H groups in total. The summed E-state index contributed by atoms with van der Waals surface area (Å²) in [6.45, 7) is 7.56. The Hall–Kier alpha value is -0.380. The van der Waals surface area contributed by atoms with E-state index < -0.39 is 0 Å². The van der Waals surface area contributed by atoms with Crippen LogP contribution in [0.25, 0.3) is 0 Å². The molecule has 2 fully saturated rings. The molecule has 0 amide bonds. The lowest BCUT2D eigenvalue weighted by molar-refractivity contribution is 0.125. The SMILES string of the molecule is C=CCCOCCNC1CCCCC1C1CCCCN1. The molecule has 20 heavy (non-hydrogen) atoms. The maximum absolute atomic E-state index is 5.60. The maximum Gasteiger partial charge on any atom is 0.0591 e. The van der Waals surface area contributed by atoms with Crippen LogP contribution in [0.3, 0.4) is 0 Å². The molecule has 0 aromatic heterocycles. The van der Waals surface area contributed by atoms with Gasteiger partial charge in [0.15, 0.2) is 0 Å². The summed E-state index contributed by atoms with van der Waals surface area (Å²) in [5.41, 5.74) is 0. The van der Waals surface area contributed by atoms with Gasteiger partial charge in [-0.3, -0.25) is 0 Å². The van der Waals surface area contributed by atoms with E-state index in [9.17, 15) is 0 Å². The number of hydrogen-bond donors (Lipinski definition) is 2. The normalized spacial score (nSPS) is 31.1. The van der Waals surface area contributed by atoms with Crippen molar-refractivity contribution in [2.75, 3.05) is 26.3 Å². The fraction of sp³-hybridized carbons (Fsp3) is 0.882. The van der Waals surface area contributed by atoms with Crippen LogP contribution in [0.4, 0.5) is 0 Å². The minimum Gasteiger partial charge on any atom is -0.380 e. The highest BCUT2D eigenvalue weighted by atomic mass is 16.5. The zero-order chi connectivity index (χ0) is 14.0. The molecule has 1 aliphatic heterocycles. The summed E-state index contributed by atoms with van der Waals surface area (Å²) in [4.78, 5) is 0. The van der Waals surface area contributed by atoms with Crippen molar-refractivity contribution in [3.63, 3.8) is 0 Å². The molecular formula is C17H32N2O. The van der Waals surface area contributed by atoms with Gasteiger partial charge in [-0.05, 0) is 44.6 Å². The molecule has 3 heteroatoms. The van der Waals surface area contributed by atoms with Gasteiger partial charge in [0.25, 0.3) is 0 Å². The molecule has 0 bridgehead atoms. The van der Waals surface area contributed by atoms with E-state index in [4.69, 9.17) is 4.74 Å². The minimum atomic E-state index is 0.697. The van der Waals surface area contributed by atoms with Crippen molar-refractivity contribution < 1.29 is 4.74 Å². The lowest BCUT2D eigenvalue weighted by Crippen LogP contribution is -2.51. The molecule has 2 aliphatic rings. The van der Waals surface area contributed by atoms with Crippen LogP contribution in [-0.4, -0.2) is 38.4 Å². The predicted molar refractivity (Wildman–Crippen MR) is 85.0 cm³/mol. The van der Waals surface area contributed by atoms with Crippen LogP contribution < -0.4 is 10.6 Å². The highest BCUT2D eigenvalue weighted by Crippen LogP contribution is 2.30. The second-order valence-corrected chi connectivity index (χ2v) is 6.26. The summed E-state index contributed by atoms with van der Waals surface area (Å²) >= 11 is 0. The quantitative estimate of drug-likeness (QED) is 0.530. The summed E-state index contributed by atoms with van der Waals surface area (Å²) in [6.07, 6.45) is 12.6. The number of rotatable bonds is 8. The third kappa shape index (κ3) is 5.19. The van der Waals surface area contributed by atoms with E-state index in [1.165, 1.54) is 51.5 Å². The number of hydrogen-bond acceptors (Lipinski definition) is 3. The molecular weight excluding hydrogens is 248 g/mol. The Labute approximate surface area is 124 Å². The topological polar surface area (TPSA) is 33.3 Å². The predicted octanol–water partition coefficient (Wildman–Crippen LogP) is 2.87. The number of piperidine rings is 1. The van der Waals surface area contributed by atoms with Gasteiger partial charge in [-0.2, -0.15) is 0 Å². The van der Waals surface area contributed by atoms with Crippen LogP contribution in [-0.2, 0) is 4.74 Å². The monoisotopic (exact) mass is 280 g/mol. The van der Waals surface area contributed by atoms with Gasteiger partial charge in [-0.15, -0.1) is 6.58 Å². The molecule has 1 heterocycles. The molecule has 0 radical (unpaired) electrons. The zero-order valence-corrected chi connectivity index (χ0v) is 12.9. The number of nitrogens with one attached hydrogen (secondary N) is 2. The fourth-order valence-corrected chi connectivity index (χ4v) is 3.72. The van der Waals surface area contributed by atoms with E-state index in [0.29, 0.717) is 6.04 Å². The first kappa shape index (κ1) is 16.0. The summed E-state index contributed by atoms with van der Waals surface area (Å²) in [5, 5.41) is 7.51. The van der Waals surface area contributed by atoms with E-state index in [-0.39, 0.29) is 0 Å². The van der Waals surface area contributed by atoms with Crippen LogP contribution in [0.2, 0.25) is 0 Å². The Morgan fingerprint density at radius 2 is 1.95 bits per heavy atom. The van der Waals surface area contributed by atoms with Crippen LogP contribution in [0.1, 0.15) is 51.4 Å². The van der Waals surface area contributed by atoms with Crippen molar-refractivity contribution in [1.82, 2.24) is 10.6 Å². The molecule has 3 atom stereocenters. The van der Waals surface area contributed by atoms with Crippen LogP contribution >= 0.6 is 0 Å². The molecule has 1 saturated carbocycles. The third-order valence-corrected chi connectivity index (χ3v) is 4.80. The standard InChI is InChI=1S/C17H32N2O/c1-2-3-13-20-14-12-19-17-9-5-4-8-15(17)16-10-6-7-11-18-16/h2,15-19H,1,3-14H2. The zero-order valence-electron chi connectivity index (χ0n) is 12.9. The number of ether oxygens (including phenoxy) is 1. The van der Waals surface area contributed by atoms with Gasteiger partial charge < -0.3 is 15.4 Å². The second kappa shape index (κ2) is 9.54. The van der Waals surface area contributed by atoms with Gasteiger partial charge in [0.1, 0.15) is 0 Å². The van der Waals surface area contributed by atoms with Gasteiger partial charge >= 0.3 is 0 Å². The van der Waals surface area contributed by atoms with E-state index in [1.54, 1.807) is 0 Å². The van der Waals surface area contributed by atoms with Crippen LogP contribution in [0.5, 0.6) is 0 Å². The van der Waals surface area contributed by atoms with Gasteiger partial charge in [-0.1, -0.05) is 25.3 Å². The minimum absolute atomic E-state index is 0.697. The van der Waals surface area contributed by atoms with Crippen molar-refractivity contribution in [2.45, 2.75) is 63.5 Å². The molecule has 3 nitrogen and oxygen atoms in total. The van der Waals surface area contributed by atoms with Gasteiger partial charge in [0.05, 0.1) is 13.2 Å². The summed E-state index contributed by atoms with van der Waals surface area (Å²) < 4.78 is 5.60. The van der Waals surface area contributed by atoms with Crippen LogP contribution in [0.15, 0.2) is 12.7 Å². The fourth-order valence-electron chi connectivity index (χ4n) is 3.72. The Kier molecular flexibility index (Phi) is 7.63. The van der Waals surface area contributed by atoms with E-state index in [2.05, 4.69) is 17.2 Å². The largest absolute Gasteiger partial charge is 0.380 e. The smallest absolute Gasteiger partial charge is 0.0591 e. The Balaban J connectivity index is 1.68. The van der Waals surface area contributed by atoms with Gasteiger partial charge in [-0.25, -0.2) is 0 Å². The Morgan fingerprint density at radius 3 is 2.75 bits per heavy atom. The average molecular weight is 280 g/mol. The first-order valence-electron chi connectivity index (χ1n) is 8.57. The second-order valence-electron chi connectivity index (χ2n) is 6.26. The third-order valence-electron chi connectivity index (χ3n) is 4.80.